The van der Waals surface area contributed by atoms with Crippen molar-refractivity contribution in [2.24, 2.45) is 29.6 Å². The van der Waals surface area contributed by atoms with Gasteiger partial charge in [0.15, 0.2) is 6.29 Å². The van der Waals surface area contributed by atoms with Gasteiger partial charge in [-0.05, 0) is 95.0 Å². The first-order valence-electron chi connectivity index (χ1n) is 11.0. The maximum Gasteiger partial charge on any atom is 0.266 e. The molecule has 2 aliphatic carbocycles. The predicted molar refractivity (Wildman–Crippen MR) is 104 cm³/mol. The lowest BCUT2D eigenvalue weighted by atomic mass is 9.75. The molecule has 0 aromatic carbocycles. The fraction of sp³-hybridized carbons (Fsp3) is 0.826. The van der Waals surface area contributed by atoms with Crippen LogP contribution in [0.3, 0.4) is 0 Å². The van der Waals surface area contributed by atoms with Crippen molar-refractivity contribution in [2.45, 2.75) is 77.4 Å². The lowest BCUT2D eigenvalue weighted by Gasteiger charge is -2.41. The normalized spacial score (nSPS) is 38.0. The lowest BCUT2D eigenvalue weighted by Crippen LogP contribution is -2.41. The quantitative estimate of drug-likeness (QED) is 0.474. The van der Waals surface area contributed by atoms with Crippen molar-refractivity contribution in [1.29, 1.82) is 0 Å². The SMILES string of the molecule is C/C=C/CCC1CCC(C2OCC(C3CCC(C=C(F)F)CC3)CO2)CC1. The van der Waals surface area contributed by atoms with Gasteiger partial charge in [-0.2, -0.15) is 8.78 Å². The molecule has 27 heavy (non-hydrogen) atoms. The van der Waals surface area contributed by atoms with Crippen LogP contribution in [0.1, 0.15) is 71.1 Å². The molecule has 0 radical (unpaired) electrons. The number of rotatable bonds is 6. The Bertz CT molecular complexity index is 477. The molecule has 2 saturated carbocycles. The van der Waals surface area contributed by atoms with E-state index in [1.807, 2.05) is 0 Å². The predicted octanol–water partition coefficient (Wildman–Crippen LogP) is 6.73. The van der Waals surface area contributed by atoms with Crippen LogP contribution in [-0.4, -0.2) is 19.5 Å². The van der Waals surface area contributed by atoms with E-state index in [1.54, 1.807) is 0 Å². The van der Waals surface area contributed by atoms with E-state index < -0.39 is 6.08 Å². The summed E-state index contributed by atoms with van der Waals surface area (Å²) < 4.78 is 37.1. The topological polar surface area (TPSA) is 18.5 Å². The zero-order valence-corrected chi connectivity index (χ0v) is 16.8. The van der Waals surface area contributed by atoms with Crippen LogP contribution in [0.2, 0.25) is 0 Å². The average molecular weight is 383 g/mol. The zero-order valence-electron chi connectivity index (χ0n) is 16.8. The van der Waals surface area contributed by atoms with Crippen molar-refractivity contribution in [1.82, 2.24) is 0 Å². The maximum absolute atomic E-state index is 12.4. The fourth-order valence-electron chi connectivity index (χ4n) is 5.29. The molecular weight excluding hydrogens is 346 g/mol. The Labute approximate surface area is 163 Å². The second kappa shape index (κ2) is 10.7. The number of allylic oxidation sites excluding steroid dienone is 3. The van der Waals surface area contributed by atoms with E-state index >= 15 is 0 Å². The first kappa shape index (κ1) is 21.0. The van der Waals surface area contributed by atoms with E-state index in [4.69, 9.17) is 9.47 Å². The summed E-state index contributed by atoms with van der Waals surface area (Å²) >= 11 is 0. The molecule has 1 heterocycles. The van der Waals surface area contributed by atoms with Crippen LogP contribution in [0.25, 0.3) is 0 Å². The molecule has 3 fully saturated rings. The molecule has 4 heteroatoms. The van der Waals surface area contributed by atoms with E-state index in [0.717, 1.165) is 50.9 Å². The summed E-state index contributed by atoms with van der Waals surface area (Å²) in [5.41, 5.74) is 0. The molecule has 1 aliphatic heterocycles. The Hall–Kier alpha value is -0.740. The van der Waals surface area contributed by atoms with Gasteiger partial charge in [-0.15, -0.1) is 0 Å². The molecule has 0 aromatic rings. The van der Waals surface area contributed by atoms with E-state index in [-0.39, 0.29) is 12.2 Å². The summed E-state index contributed by atoms with van der Waals surface area (Å²) in [6.45, 7) is 3.66. The van der Waals surface area contributed by atoms with Gasteiger partial charge >= 0.3 is 0 Å². The summed E-state index contributed by atoms with van der Waals surface area (Å²) in [6.07, 6.45) is 15.4. The zero-order chi connectivity index (χ0) is 19.1. The Balaban J connectivity index is 1.34. The minimum Gasteiger partial charge on any atom is -0.352 e. The number of hydrogen-bond acceptors (Lipinski definition) is 2. The summed E-state index contributed by atoms with van der Waals surface area (Å²) in [5, 5.41) is 0. The Morgan fingerprint density at radius 3 is 2.07 bits per heavy atom. The number of halogens is 2. The summed E-state index contributed by atoms with van der Waals surface area (Å²) in [4.78, 5) is 0. The summed E-state index contributed by atoms with van der Waals surface area (Å²) in [6, 6.07) is 0. The van der Waals surface area contributed by atoms with Gasteiger partial charge in [0, 0.05) is 11.8 Å². The van der Waals surface area contributed by atoms with Crippen molar-refractivity contribution in [3.63, 3.8) is 0 Å². The van der Waals surface area contributed by atoms with Gasteiger partial charge in [-0.1, -0.05) is 12.2 Å². The first-order valence-corrected chi connectivity index (χ1v) is 11.0. The molecule has 0 unspecified atom stereocenters. The van der Waals surface area contributed by atoms with E-state index in [1.165, 1.54) is 38.5 Å². The van der Waals surface area contributed by atoms with Gasteiger partial charge < -0.3 is 9.47 Å². The highest BCUT2D eigenvalue weighted by Crippen LogP contribution is 2.39. The van der Waals surface area contributed by atoms with Crippen molar-refractivity contribution in [3.8, 4) is 0 Å². The summed E-state index contributed by atoms with van der Waals surface area (Å²) in [7, 11) is 0. The summed E-state index contributed by atoms with van der Waals surface area (Å²) in [5.74, 6) is 2.50. The Morgan fingerprint density at radius 1 is 0.852 bits per heavy atom. The molecule has 0 N–H and O–H groups in total. The largest absolute Gasteiger partial charge is 0.352 e. The second-order valence-electron chi connectivity index (χ2n) is 8.85. The molecule has 0 aromatic heterocycles. The van der Waals surface area contributed by atoms with Gasteiger partial charge in [0.1, 0.15) is 0 Å². The van der Waals surface area contributed by atoms with Gasteiger partial charge in [0.05, 0.1) is 13.2 Å². The molecule has 3 rings (SSSR count). The van der Waals surface area contributed by atoms with E-state index in [0.29, 0.717) is 17.8 Å². The minimum atomic E-state index is -1.53. The van der Waals surface area contributed by atoms with Crippen molar-refractivity contribution >= 4 is 0 Å². The standard InChI is InChI=1S/C23H36F2O2/c1-2-3-4-5-17-6-12-20(13-7-17)23-26-15-21(16-27-23)19-10-8-18(9-11-19)14-22(24)25/h2-3,14,17-21,23H,4-13,15-16H2,1H3/b3-2+. The molecule has 2 nitrogen and oxygen atoms in total. The second-order valence-corrected chi connectivity index (χ2v) is 8.85. The lowest BCUT2D eigenvalue weighted by molar-refractivity contribution is -0.237. The molecule has 0 amide bonds. The van der Waals surface area contributed by atoms with Crippen LogP contribution in [0.15, 0.2) is 24.3 Å². The third-order valence-electron chi connectivity index (χ3n) is 7.05. The number of hydrogen-bond donors (Lipinski definition) is 0. The van der Waals surface area contributed by atoms with Crippen molar-refractivity contribution < 1.29 is 18.3 Å². The molecule has 154 valence electrons. The maximum atomic E-state index is 12.4. The molecule has 0 atom stereocenters. The van der Waals surface area contributed by atoms with Gasteiger partial charge in [-0.25, -0.2) is 0 Å². The van der Waals surface area contributed by atoms with Crippen LogP contribution >= 0.6 is 0 Å². The highest BCUT2D eigenvalue weighted by atomic mass is 19.3. The van der Waals surface area contributed by atoms with Crippen LogP contribution in [0, 0.1) is 29.6 Å². The molecular formula is C23H36F2O2. The molecule has 0 spiro atoms. The van der Waals surface area contributed by atoms with Crippen LogP contribution < -0.4 is 0 Å². The van der Waals surface area contributed by atoms with Crippen LogP contribution in [-0.2, 0) is 9.47 Å². The van der Waals surface area contributed by atoms with Gasteiger partial charge in [-0.3, -0.25) is 0 Å². The van der Waals surface area contributed by atoms with Crippen molar-refractivity contribution in [3.05, 3.63) is 24.3 Å². The van der Waals surface area contributed by atoms with Crippen molar-refractivity contribution in [2.75, 3.05) is 13.2 Å². The molecule has 0 bridgehead atoms. The van der Waals surface area contributed by atoms with E-state index in [9.17, 15) is 8.78 Å². The Kier molecular flexibility index (Phi) is 8.32. The smallest absolute Gasteiger partial charge is 0.266 e. The van der Waals surface area contributed by atoms with Crippen LogP contribution in [0.4, 0.5) is 8.78 Å². The number of ether oxygens (including phenoxy) is 2. The van der Waals surface area contributed by atoms with Gasteiger partial charge in [0.25, 0.3) is 6.08 Å². The minimum absolute atomic E-state index is 0.0161. The Morgan fingerprint density at radius 2 is 1.48 bits per heavy atom. The highest BCUT2D eigenvalue weighted by Gasteiger charge is 2.35. The van der Waals surface area contributed by atoms with Gasteiger partial charge in [0.2, 0.25) is 0 Å². The third-order valence-corrected chi connectivity index (χ3v) is 7.05. The average Bonchev–Trinajstić information content (AvgIpc) is 2.69. The fourth-order valence-corrected chi connectivity index (χ4v) is 5.29. The third kappa shape index (κ3) is 6.39. The highest BCUT2D eigenvalue weighted by molar-refractivity contribution is 4.92. The first-order chi connectivity index (χ1) is 13.2. The molecule has 1 saturated heterocycles. The van der Waals surface area contributed by atoms with Crippen LogP contribution in [0.5, 0.6) is 0 Å². The molecule has 3 aliphatic rings. The monoisotopic (exact) mass is 382 g/mol. The van der Waals surface area contributed by atoms with E-state index in [2.05, 4.69) is 19.1 Å².